The predicted octanol–water partition coefficient (Wildman–Crippen LogP) is 1.61. The smallest absolute Gasteiger partial charge is 0.260 e. The van der Waals surface area contributed by atoms with Crippen LogP contribution in [0.15, 0.2) is 23.0 Å². The van der Waals surface area contributed by atoms with Crippen molar-refractivity contribution in [2.75, 3.05) is 18.9 Å². The van der Waals surface area contributed by atoms with Gasteiger partial charge in [0.05, 0.1) is 17.4 Å². The molecule has 1 fully saturated rings. The van der Waals surface area contributed by atoms with Crippen LogP contribution in [0.2, 0.25) is 0 Å². The molecule has 0 amide bonds. The van der Waals surface area contributed by atoms with E-state index in [0.717, 1.165) is 37.4 Å². The first-order chi connectivity index (χ1) is 8.84. The zero-order chi connectivity index (χ0) is 12.4. The largest absolute Gasteiger partial charge is 0.397 e. The first-order valence-corrected chi connectivity index (χ1v) is 5.96. The second kappa shape index (κ2) is 4.73. The van der Waals surface area contributed by atoms with Crippen molar-refractivity contribution in [3.63, 3.8) is 0 Å². The molecule has 2 aromatic rings. The van der Waals surface area contributed by atoms with E-state index in [4.69, 9.17) is 15.0 Å². The molecule has 0 bridgehead atoms. The number of rotatable bonds is 2. The maximum absolute atomic E-state index is 5.83. The molecule has 0 aromatic carbocycles. The summed E-state index contributed by atoms with van der Waals surface area (Å²) in [6.07, 6.45) is 5.10. The molecule has 0 spiro atoms. The SMILES string of the molecule is Nc1cnccc1-c1nc(C2CCOCC2)no1. The number of anilines is 1. The Hall–Kier alpha value is -1.95. The van der Waals surface area contributed by atoms with Gasteiger partial charge < -0.3 is 15.0 Å². The fraction of sp³-hybridized carbons (Fsp3) is 0.417. The number of nitrogens with zero attached hydrogens (tertiary/aromatic N) is 3. The van der Waals surface area contributed by atoms with Crippen LogP contribution < -0.4 is 5.73 Å². The molecule has 3 rings (SSSR count). The number of hydrogen-bond acceptors (Lipinski definition) is 6. The van der Waals surface area contributed by atoms with E-state index in [9.17, 15) is 0 Å². The molecule has 3 heterocycles. The van der Waals surface area contributed by atoms with Crippen LogP contribution in [0.25, 0.3) is 11.5 Å². The number of nitrogen functional groups attached to an aromatic ring is 1. The van der Waals surface area contributed by atoms with Crippen molar-refractivity contribution in [1.82, 2.24) is 15.1 Å². The lowest BCUT2D eigenvalue weighted by atomic mass is 10.00. The van der Waals surface area contributed by atoms with E-state index in [1.54, 1.807) is 18.5 Å². The molecule has 6 heteroatoms. The normalized spacial score (nSPS) is 16.9. The highest BCUT2D eigenvalue weighted by Crippen LogP contribution is 2.28. The number of aromatic nitrogens is 3. The van der Waals surface area contributed by atoms with E-state index < -0.39 is 0 Å². The van der Waals surface area contributed by atoms with Crippen LogP contribution in [-0.2, 0) is 4.74 Å². The van der Waals surface area contributed by atoms with Crippen molar-refractivity contribution < 1.29 is 9.26 Å². The second-order valence-electron chi connectivity index (χ2n) is 4.31. The zero-order valence-electron chi connectivity index (χ0n) is 9.87. The van der Waals surface area contributed by atoms with Gasteiger partial charge in [-0.25, -0.2) is 0 Å². The Bertz CT molecular complexity index is 534. The maximum Gasteiger partial charge on any atom is 0.260 e. The van der Waals surface area contributed by atoms with Gasteiger partial charge in [-0.1, -0.05) is 5.16 Å². The summed E-state index contributed by atoms with van der Waals surface area (Å²) in [4.78, 5) is 8.36. The lowest BCUT2D eigenvalue weighted by molar-refractivity contribution is 0.0830. The second-order valence-corrected chi connectivity index (χ2v) is 4.31. The van der Waals surface area contributed by atoms with Gasteiger partial charge >= 0.3 is 0 Å². The molecular formula is C12H14N4O2. The van der Waals surface area contributed by atoms with Crippen LogP contribution in [0.5, 0.6) is 0 Å². The Morgan fingerprint density at radius 2 is 2.11 bits per heavy atom. The van der Waals surface area contributed by atoms with Crippen LogP contribution in [0.1, 0.15) is 24.6 Å². The molecule has 0 aliphatic carbocycles. The fourth-order valence-corrected chi connectivity index (χ4v) is 2.07. The van der Waals surface area contributed by atoms with Crippen LogP contribution in [0.4, 0.5) is 5.69 Å². The molecule has 0 saturated carbocycles. The lowest BCUT2D eigenvalue weighted by Gasteiger charge is -2.18. The molecule has 1 aliphatic rings. The maximum atomic E-state index is 5.83. The summed E-state index contributed by atoms with van der Waals surface area (Å²) in [7, 11) is 0. The Morgan fingerprint density at radius 1 is 1.28 bits per heavy atom. The van der Waals surface area contributed by atoms with E-state index in [0.29, 0.717) is 17.5 Å². The molecule has 1 aliphatic heterocycles. The fourth-order valence-electron chi connectivity index (χ4n) is 2.07. The summed E-state index contributed by atoms with van der Waals surface area (Å²) >= 11 is 0. The summed E-state index contributed by atoms with van der Waals surface area (Å²) in [6.45, 7) is 1.51. The molecule has 2 N–H and O–H groups in total. The van der Waals surface area contributed by atoms with Crippen molar-refractivity contribution in [3.05, 3.63) is 24.3 Å². The van der Waals surface area contributed by atoms with Crippen LogP contribution >= 0.6 is 0 Å². The van der Waals surface area contributed by atoms with Crippen LogP contribution in [-0.4, -0.2) is 28.3 Å². The zero-order valence-corrected chi connectivity index (χ0v) is 9.87. The Balaban J connectivity index is 1.87. The van der Waals surface area contributed by atoms with Crippen LogP contribution in [0.3, 0.4) is 0 Å². The average molecular weight is 246 g/mol. The molecule has 0 atom stereocenters. The molecule has 0 radical (unpaired) electrons. The van der Waals surface area contributed by atoms with E-state index in [-0.39, 0.29) is 0 Å². The summed E-state index contributed by atoms with van der Waals surface area (Å²) < 4.78 is 10.6. The molecule has 0 unspecified atom stereocenters. The predicted molar refractivity (Wildman–Crippen MR) is 64.7 cm³/mol. The topological polar surface area (TPSA) is 87.1 Å². The van der Waals surface area contributed by atoms with Gasteiger partial charge in [-0.15, -0.1) is 0 Å². The van der Waals surface area contributed by atoms with E-state index in [1.807, 2.05) is 0 Å². The van der Waals surface area contributed by atoms with E-state index >= 15 is 0 Å². The number of ether oxygens (including phenoxy) is 1. The van der Waals surface area contributed by atoms with Crippen molar-refractivity contribution >= 4 is 5.69 Å². The quantitative estimate of drug-likeness (QED) is 0.866. The molecule has 2 aromatic heterocycles. The van der Waals surface area contributed by atoms with Gasteiger partial charge in [0, 0.05) is 25.3 Å². The summed E-state index contributed by atoms with van der Waals surface area (Å²) in [5.74, 6) is 1.51. The Kier molecular flexibility index (Phi) is 2.93. The number of pyridine rings is 1. The van der Waals surface area contributed by atoms with Gasteiger partial charge in [0.15, 0.2) is 5.82 Å². The van der Waals surface area contributed by atoms with E-state index in [1.165, 1.54) is 0 Å². The minimum atomic E-state index is 0.319. The molecule has 18 heavy (non-hydrogen) atoms. The molecule has 94 valence electrons. The molecule has 6 nitrogen and oxygen atoms in total. The summed E-state index contributed by atoms with van der Waals surface area (Å²) in [5, 5.41) is 4.04. The third kappa shape index (κ3) is 2.06. The highest BCUT2D eigenvalue weighted by Gasteiger charge is 2.22. The average Bonchev–Trinajstić information content (AvgIpc) is 2.90. The van der Waals surface area contributed by atoms with Gasteiger partial charge in [0.2, 0.25) is 0 Å². The number of nitrogens with two attached hydrogens (primary N) is 1. The highest BCUT2D eigenvalue weighted by molar-refractivity contribution is 5.68. The summed E-state index contributed by atoms with van der Waals surface area (Å²) in [5.41, 5.74) is 7.10. The summed E-state index contributed by atoms with van der Waals surface area (Å²) in [6, 6.07) is 1.77. The molecule has 1 saturated heterocycles. The first kappa shape index (κ1) is 11.2. The van der Waals surface area contributed by atoms with Crippen molar-refractivity contribution in [2.45, 2.75) is 18.8 Å². The highest BCUT2D eigenvalue weighted by atomic mass is 16.5. The van der Waals surface area contributed by atoms with Gasteiger partial charge in [-0.2, -0.15) is 4.98 Å². The monoisotopic (exact) mass is 246 g/mol. The minimum absolute atomic E-state index is 0.319. The van der Waals surface area contributed by atoms with Crippen molar-refractivity contribution in [2.24, 2.45) is 0 Å². The van der Waals surface area contributed by atoms with Gasteiger partial charge in [0.25, 0.3) is 5.89 Å². The minimum Gasteiger partial charge on any atom is -0.397 e. The third-order valence-electron chi connectivity index (χ3n) is 3.11. The van der Waals surface area contributed by atoms with Gasteiger partial charge in [-0.05, 0) is 18.9 Å². The number of hydrogen-bond donors (Lipinski definition) is 1. The Labute approximate surface area is 104 Å². The lowest BCUT2D eigenvalue weighted by Crippen LogP contribution is -2.15. The van der Waals surface area contributed by atoms with Crippen molar-refractivity contribution in [3.8, 4) is 11.5 Å². The van der Waals surface area contributed by atoms with Gasteiger partial charge in [0.1, 0.15) is 0 Å². The van der Waals surface area contributed by atoms with Gasteiger partial charge in [-0.3, -0.25) is 4.98 Å². The van der Waals surface area contributed by atoms with Crippen LogP contribution in [0, 0.1) is 0 Å². The third-order valence-corrected chi connectivity index (χ3v) is 3.11. The van der Waals surface area contributed by atoms with Crippen molar-refractivity contribution in [1.29, 1.82) is 0 Å². The molecular weight excluding hydrogens is 232 g/mol. The standard InChI is InChI=1S/C12H14N4O2/c13-10-7-14-4-1-9(10)12-15-11(16-18-12)8-2-5-17-6-3-8/h1,4,7-8H,2-3,5-6,13H2. The Morgan fingerprint density at radius 3 is 2.89 bits per heavy atom. The van der Waals surface area contributed by atoms with E-state index in [2.05, 4.69) is 15.1 Å². The first-order valence-electron chi connectivity index (χ1n) is 5.96.